The van der Waals surface area contributed by atoms with Gasteiger partial charge in [-0.15, -0.1) is 0 Å². The van der Waals surface area contributed by atoms with Crippen LogP contribution in [0.1, 0.15) is 12.5 Å². The molecule has 90 valence electrons. The number of hydrogen-bond donors (Lipinski definition) is 2. The Morgan fingerprint density at radius 2 is 2.29 bits per heavy atom. The number of nitrogens with one attached hydrogen (secondary N) is 1. The highest BCUT2D eigenvalue weighted by atomic mass is 16.5. The van der Waals surface area contributed by atoms with Crippen molar-refractivity contribution in [2.45, 2.75) is 19.4 Å². The molecule has 1 heterocycles. The van der Waals surface area contributed by atoms with Gasteiger partial charge in [-0.3, -0.25) is 0 Å². The van der Waals surface area contributed by atoms with E-state index in [1.54, 1.807) is 6.92 Å². The lowest BCUT2D eigenvalue weighted by Crippen LogP contribution is -2.26. The largest absolute Gasteiger partial charge is 0.479 e. The molecule has 4 nitrogen and oxygen atoms in total. The molecule has 0 saturated carbocycles. The smallest absolute Gasteiger partial charge is 0.333 e. The monoisotopic (exact) mass is 233 g/mol. The van der Waals surface area contributed by atoms with Gasteiger partial charge in [0, 0.05) is 24.7 Å². The van der Waals surface area contributed by atoms with Crippen LogP contribution in [-0.2, 0) is 16.0 Å². The third-order valence-corrected chi connectivity index (χ3v) is 2.68. The third-order valence-electron chi connectivity index (χ3n) is 2.68. The van der Waals surface area contributed by atoms with Crippen LogP contribution in [0, 0.1) is 0 Å². The van der Waals surface area contributed by atoms with E-state index in [0.29, 0.717) is 13.0 Å². The van der Waals surface area contributed by atoms with Gasteiger partial charge in [-0.1, -0.05) is 6.07 Å². The molecule has 0 spiro atoms. The Balaban J connectivity index is 2.18. The van der Waals surface area contributed by atoms with Crippen LogP contribution in [0.15, 0.2) is 30.5 Å². The first-order valence-electron chi connectivity index (χ1n) is 5.61. The highest BCUT2D eigenvalue weighted by molar-refractivity contribution is 5.80. The van der Waals surface area contributed by atoms with Crippen LogP contribution >= 0.6 is 0 Å². The van der Waals surface area contributed by atoms with E-state index < -0.39 is 12.1 Å². The van der Waals surface area contributed by atoms with Crippen molar-refractivity contribution in [3.63, 3.8) is 0 Å². The van der Waals surface area contributed by atoms with Crippen LogP contribution in [0.4, 0.5) is 0 Å². The summed E-state index contributed by atoms with van der Waals surface area (Å²) in [7, 11) is 0. The molecule has 1 atom stereocenters. The Bertz CT molecular complexity index is 518. The Kier molecular flexibility index (Phi) is 3.44. The van der Waals surface area contributed by atoms with E-state index in [0.717, 1.165) is 16.5 Å². The minimum absolute atomic E-state index is 0.393. The number of aliphatic carboxylic acids is 1. The van der Waals surface area contributed by atoms with E-state index in [9.17, 15) is 4.79 Å². The number of carboxylic acid groups (broad SMARTS) is 1. The van der Waals surface area contributed by atoms with Crippen molar-refractivity contribution in [1.82, 2.24) is 4.98 Å². The number of ether oxygens (including phenoxy) is 1. The SMILES string of the molecule is CCO[C@H](Cc1ccc2[nH]ccc2c1)C(=O)O. The van der Waals surface area contributed by atoms with Crippen LogP contribution in [0.3, 0.4) is 0 Å². The number of aromatic amines is 1. The van der Waals surface area contributed by atoms with Gasteiger partial charge < -0.3 is 14.8 Å². The van der Waals surface area contributed by atoms with Crippen LogP contribution in [0.25, 0.3) is 10.9 Å². The van der Waals surface area contributed by atoms with Crippen molar-refractivity contribution < 1.29 is 14.6 Å². The van der Waals surface area contributed by atoms with Crippen LogP contribution in [0.5, 0.6) is 0 Å². The quantitative estimate of drug-likeness (QED) is 0.832. The number of carboxylic acids is 1. The second-order valence-corrected chi connectivity index (χ2v) is 3.89. The maximum absolute atomic E-state index is 11.0. The van der Waals surface area contributed by atoms with Gasteiger partial charge in [0.25, 0.3) is 0 Å². The van der Waals surface area contributed by atoms with Gasteiger partial charge in [-0.05, 0) is 36.1 Å². The second-order valence-electron chi connectivity index (χ2n) is 3.89. The highest BCUT2D eigenvalue weighted by Crippen LogP contribution is 2.16. The average molecular weight is 233 g/mol. The lowest BCUT2D eigenvalue weighted by Gasteiger charge is -2.12. The topological polar surface area (TPSA) is 62.3 Å². The summed E-state index contributed by atoms with van der Waals surface area (Å²) < 4.78 is 5.19. The van der Waals surface area contributed by atoms with E-state index in [-0.39, 0.29) is 0 Å². The number of benzene rings is 1. The van der Waals surface area contributed by atoms with Gasteiger partial charge in [0.2, 0.25) is 0 Å². The number of fused-ring (bicyclic) bond motifs is 1. The van der Waals surface area contributed by atoms with Gasteiger partial charge in [0.15, 0.2) is 6.10 Å². The highest BCUT2D eigenvalue weighted by Gasteiger charge is 2.17. The fraction of sp³-hybridized carbons (Fsp3) is 0.308. The van der Waals surface area contributed by atoms with E-state index in [1.807, 2.05) is 30.5 Å². The van der Waals surface area contributed by atoms with Crippen molar-refractivity contribution in [2.24, 2.45) is 0 Å². The lowest BCUT2D eigenvalue weighted by atomic mass is 10.1. The van der Waals surface area contributed by atoms with Gasteiger partial charge in [-0.25, -0.2) is 4.79 Å². The maximum Gasteiger partial charge on any atom is 0.333 e. The van der Waals surface area contributed by atoms with Gasteiger partial charge >= 0.3 is 5.97 Å². The minimum atomic E-state index is -0.916. The molecule has 0 aliphatic carbocycles. The summed E-state index contributed by atoms with van der Waals surface area (Å²) in [6.07, 6.45) is 1.49. The molecule has 0 unspecified atom stereocenters. The fourth-order valence-electron chi connectivity index (χ4n) is 1.86. The van der Waals surface area contributed by atoms with E-state index in [2.05, 4.69) is 4.98 Å². The Morgan fingerprint density at radius 3 is 3.00 bits per heavy atom. The van der Waals surface area contributed by atoms with E-state index in [4.69, 9.17) is 9.84 Å². The normalized spacial score (nSPS) is 12.8. The third kappa shape index (κ3) is 2.65. The van der Waals surface area contributed by atoms with Crippen molar-refractivity contribution >= 4 is 16.9 Å². The Morgan fingerprint density at radius 1 is 1.47 bits per heavy atom. The number of hydrogen-bond acceptors (Lipinski definition) is 2. The summed E-state index contributed by atoms with van der Waals surface area (Å²) in [5.41, 5.74) is 2.02. The molecule has 0 amide bonds. The molecule has 2 rings (SSSR count). The molecule has 0 saturated heterocycles. The van der Waals surface area contributed by atoms with Crippen LogP contribution < -0.4 is 0 Å². The van der Waals surface area contributed by atoms with E-state index >= 15 is 0 Å². The zero-order valence-electron chi connectivity index (χ0n) is 9.64. The van der Waals surface area contributed by atoms with Crippen LogP contribution in [-0.4, -0.2) is 28.8 Å². The first-order chi connectivity index (χ1) is 8.20. The molecule has 1 aromatic heterocycles. The summed E-state index contributed by atoms with van der Waals surface area (Å²) in [4.78, 5) is 14.1. The number of carbonyl (C=O) groups is 1. The molecule has 0 radical (unpaired) electrons. The van der Waals surface area contributed by atoms with Gasteiger partial charge in [0.1, 0.15) is 0 Å². The molecule has 0 bridgehead atoms. The summed E-state index contributed by atoms with van der Waals surface area (Å²) in [5, 5.41) is 10.1. The first kappa shape index (κ1) is 11.7. The molecule has 4 heteroatoms. The van der Waals surface area contributed by atoms with Crippen molar-refractivity contribution in [2.75, 3.05) is 6.61 Å². The lowest BCUT2D eigenvalue weighted by molar-refractivity contribution is -0.149. The number of H-pyrrole nitrogens is 1. The predicted octanol–water partition coefficient (Wildman–Crippen LogP) is 2.20. The summed E-state index contributed by atoms with van der Waals surface area (Å²) >= 11 is 0. The summed E-state index contributed by atoms with van der Waals surface area (Å²) in [5.74, 6) is -0.916. The Hall–Kier alpha value is -1.81. The van der Waals surface area contributed by atoms with Crippen molar-refractivity contribution in [3.8, 4) is 0 Å². The zero-order valence-corrected chi connectivity index (χ0v) is 9.64. The molecule has 1 aromatic carbocycles. The molecule has 17 heavy (non-hydrogen) atoms. The predicted molar refractivity (Wildman–Crippen MR) is 65.1 cm³/mol. The molecule has 0 fully saturated rings. The number of rotatable bonds is 5. The second kappa shape index (κ2) is 5.01. The molecular weight excluding hydrogens is 218 g/mol. The van der Waals surface area contributed by atoms with Gasteiger partial charge in [-0.2, -0.15) is 0 Å². The standard InChI is InChI=1S/C13H15NO3/c1-2-17-12(13(15)16)8-9-3-4-11-10(7-9)5-6-14-11/h3-7,12,14H,2,8H2,1H3,(H,15,16)/t12-/m1/s1. The van der Waals surface area contributed by atoms with E-state index in [1.165, 1.54) is 0 Å². The molecular formula is C13H15NO3. The van der Waals surface area contributed by atoms with Crippen LogP contribution in [0.2, 0.25) is 0 Å². The van der Waals surface area contributed by atoms with Crippen molar-refractivity contribution in [3.05, 3.63) is 36.0 Å². The maximum atomic E-state index is 11.0. The average Bonchev–Trinajstić information content (AvgIpc) is 2.75. The molecule has 2 N–H and O–H groups in total. The Labute approximate surface area is 99.2 Å². The molecule has 0 aliphatic heterocycles. The zero-order chi connectivity index (χ0) is 12.3. The fourth-order valence-corrected chi connectivity index (χ4v) is 1.86. The summed E-state index contributed by atoms with van der Waals surface area (Å²) in [6, 6.07) is 7.83. The molecule has 2 aromatic rings. The van der Waals surface area contributed by atoms with Crippen molar-refractivity contribution in [1.29, 1.82) is 0 Å². The molecule has 0 aliphatic rings. The summed E-state index contributed by atoms with van der Waals surface area (Å²) in [6.45, 7) is 2.20. The van der Waals surface area contributed by atoms with Gasteiger partial charge in [0.05, 0.1) is 0 Å². The minimum Gasteiger partial charge on any atom is -0.479 e. The first-order valence-corrected chi connectivity index (χ1v) is 5.61. The number of aromatic nitrogens is 1.